The van der Waals surface area contributed by atoms with E-state index in [2.05, 4.69) is 14.9 Å². The molecule has 0 aliphatic carbocycles. The SMILES string of the molecule is CCc1nnsc1C(=O)NC(CC)c1ccc(Cl)cc1. The van der Waals surface area contributed by atoms with Crippen LogP contribution < -0.4 is 5.32 Å². The molecule has 0 spiro atoms. The second-order valence-electron chi connectivity index (χ2n) is 4.39. The van der Waals surface area contributed by atoms with E-state index < -0.39 is 0 Å². The van der Waals surface area contributed by atoms with E-state index in [1.807, 2.05) is 38.1 Å². The van der Waals surface area contributed by atoms with Crippen LogP contribution in [0, 0.1) is 0 Å². The standard InChI is InChI=1S/C14H16ClN3OS/c1-3-11(9-5-7-10(15)8-6-9)16-14(19)13-12(4-2)17-18-20-13/h5-8,11H,3-4H2,1-2H3,(H,16,19). The lowest BCUT2D eigenvalue weighted by atomic mass is 10.0. The third-order valence-corrected chi connectivity index (χ3v) is 4.10. The second-order valence-corrected chi connectivity index (χ2v) is 5.58. The first-order valence-electron chi connectivity index (χ1n) is 6.53. The van der Waals surface area contributed by atoms with E-state index in [4.69, 9.17) is 11.6 Å². The average Bonchev–Trinajstić information content (AvgIpc) is 2.94. The van der Waals surface area contributed by atoms with Crippen LogP contribution in [0.5, 0.6) is 0 Å². The molecule has 1 unspecified atom stereocenters. The number of aromatic nitrogens is 2. The summed E-state index contributed by atoms with van der Waals surface area (Å²) in [5, 5.41) is 7.68. The Balaban J connectivity index is 2.14. The summed E-state index contributed by atoms with van der Waals surface area (Å²) in [6, 6.07) is 7.49. The molecule has 0 aliphatic rings. The van der Waals surface area contributed by atoms with Gasteiger partial charge in [-0.25, -0.2) is 0 Å². The second kappa shape index (κ2) is 6.81. The Morgan fingerprint density at radius 1 is 1.35 bits per heavy atom. The van der Waals surface area contributed by atoms with Crippen LogP contribution in [0.15, 0.2) is 24.3 Å². The molecule has 6 heteroatoms. The Labute approximate surface area is 127 Å². The van der Waals surface area contributed by atoms with Crippen LogP contribution in [0.2, 0.25) is 5.02 Å². The van der Waals surface area contributed by atoms with E-state index in [0.29, 0.717) is 16.3 Å². The predicted octanol–water partition coefficient (Wildman–Crippen LogP) is 3.64. The van der Waals surface area contributed by atoms with Gasteiger partial charge in [0, 0.05) is 5.02 Å². The Kier molecular flexibility index (Phi) is 5.09. The van der Waals surface area contributed by atoms with Gasteiger partial charge in [0.25, 0.3) is 5.91 Å². The lowest BCUT2D eigenvalue weighted by Crippen LogP contribution is -2.28. The molecule has 1 heterocycles. The maximum absolute atomic E-state index is 12.3. The van der Waals surface area contributed by atoms with Crippen LogP contribution in [-0.4, -0.2) is 15.5 Å². The van der Waals surface area contributed by atoms with Gasteiger partial charge < -0.3 is 5.32 Å². The number of carbonyl (C=O) groups excluding carboxylic acids is 1. The normalized spacial score (nSPS) is 12.2. The van der Waals surface area contributed by atoms with Gasteiger partial charge in [-0.3, -0.25) is 4.79 Å². The summed E-state index contributed by atoms with van der Waals surface area (Å²) in [5.74, 6) is -0.112. The Morgan fingerprint density at radius 2 is 2.05 bits per heavy atom. The molecule has 0 radical (unpaired) electrons. The third kappa shape index (κ3) is 3.35. The number of amides is 1. The highest BCUT2D eigenvalue weighted by atomic mass is 35.5. The van der Waals surface area contributed by atoms with Gasteiger partial charge in [-0.2, -0.15) is 0 Å². The molecule has 0 fully saturated rings. The number of halogens is 1. The van der Waals surface area contributed by atoms with Crippen molar-refractivity contribution in [3.05, 3.63) is 45.4 Å². The van der Waals surface area contributed by atoms with Crippen molar-refractivity contribution in [2.75, 3.05) is 0 Å². The Hall–Kier alpha value is -1.46. The summed E-state index contributed by atoms with van der Waals surface area (Å²) in [5.41, 5.74) is 1.79. The van der Waals surface area contributed by atoms with Crippen molar-refractivity contribution in [1.29, 1.82) is 0 Å². The molecule has 1 aromatic heterocycles. The summed E-state index contributed by atoms with van der Waals surface area (Å²) in [6.07, 6.45) is 1.51. The Bertz CT molecular complexity index is 582. The minimum Gasteiger partial charge on any atom is -0.344 e. The van der Waals surface area contributed by atoms with Crippen LogP contribution in [0.3, 0.4) is 0 Å². The zero-order chi connectivity index (χ0) is 14.5. The zero-order valence-electron chi connectivity index (χ0n) is 11.4. The fraction of sp³-hybridized carbons (Fsp3) is 0.357. The third-order valence-electron chi connectivity index (χ3n) is 3.08. The highest BCUT2D eigenvalue weighted by Crippen LogP contribution is 2.20. The number of hydrogen-bond donors (Lipinski definition) is 1. The number of carbonyl (C=O) groups is 1. The first-order chi connectivity index (χ1) is 9.65. The molecular formula is C14H16ClN3OS. The highest BCUT2D eigenvalue weighted by molar-refractivity contribution is 7.08. The molecule has 20 heavy (non-hydrogen) atoms. The van der Waals surface area contributed by atoms with Crippen molar-refractivity contribution in [3.63, 3.8) is 0 Å². The molecule has 1 atom stereocenters. The summed E-state index contributed by atoms with van der Waals surface area (Å²) < 4.78 is 3.84. The molecule has 2 rings (SSSR count). The van der Waals surface area contributed by atoms with E-state index in [0.717, 1.165) is 29.2 Å². The van der Waals surface area contributed by atoms with Crippen LogP contribution in [0.1, 0.15) is 47.2 Å². The lowest BCUT2D eigenvalue weighted by molar-refractivity contribution is 0.0938. The van der Waals surface area contributed by atoms with E-state index in [1.165, 1.54) is 0 Å². The largest absolute Gasteiger partial charge is 0.344 e. The summed E-state index contributed by atoms with van der Waals surface area (Å²) >= 11 is 7.02. The number of benzene rings is 1. The number of nitrogens with one attached hydrogen (secondary N) is 1. The van der Waals surface area contributed by atoms with Crippen molar-refractivity contribution < 1.29 is 4.79 Å². The molecule has 1 N–H and O–H groups in total. The number of rotatable bonds is 5. The highest BCUT2D eigenvalue weighted by Gasteiger charge is 2.19. The number of hydrogen-bond acceptors (Lipinski definition) is 4. The summed E-state index contributed by atoms with van der Waals surface area (Å²) in [4.78, 5) is 12.9. The lowest BCUT2D eigenvalue weighted by Gasteiger charge is -2.17. The van der Waals surface area contributed by atoms with Gasteiger partial charge >= 0.3 is 0 Å². The first-order valence-corrected chi connectivity index (χ1v) is 7.68. The fourth-order valence-corrected chi connectivity index (χ4v) is 2.73. The van der Waals surface area contributed by atoms with Crippen molar-refractivity contribution >= 4 is 29.0 Å². The van der Waals surface area contributed by atoms with Crippen LogP contribution >= 0.6 is 23.1 Å². The van der Waals surface area contributed by atoms with Crippen molar-refractivity contribution in [3.8, 4) is 0 Å². The number of nitrogens with zero attached hydrogens (tertiary/aromatic N) is 2. The maximum Gasteiger partial charge on any atom is 0.265 e. The minimum absolute atomic E-state index is 0.0356. The van der Waals surface area contributed by atoms with Gasteiger partial charge in [0.1, 0.15) is 4.88 Å². The molecule has 106 valence electrons. The van der Waals surface area contributed by atoms with E-state index in [1.54, 1.807) is 0 Å². The molecule has 2 aromatic rings. The number of aryl methyl sites for hydroxylation is 1. The topological polar surface area (TPSA) is 54.9 Å². The minimum atomic E-state index is -0.112. The van der Waals surface area contributed by atoms with Crippen molar-refractivity contribution in [2.24, 2.45) is 0 Å². The Morgan fingerprint density at radius 3 is 2.65 bits per heavy atom. The predicted molar refractivity (Wildman–Crippen MR) is 81.2 cm³/mol. The first kappa shape index (κ1) is 14.9. The maximum atomic E-state index is 12.3. The molecule has 1 aromatic carbocycles. The smallest absolute Gasteiger partial charge is 0.265 e. The van der Waals surface area contributed by atoms with E-state index in [9.17, 15) is 4.79 Å². The quantitative estimate of drug-likeness (QED) is 0.917. The molecule has 0 bridgehead atoms. The van der Waals surface area contributed by atoms with Gasteiger partial charge in [0.15, 0.2) is 0 Å². The van der Waals surface area contributed by atoms with E-state index >= 15 is 0 Å². The van der Waals surface area contributed by atoms with Gasteiger partial charge in [0.2, 0.25) is 0 Å². The van der Waals surface area contributed by atoms with Gasteiger partial charge in [-0.1, -0.05) is 42.1 Å². The monoisotopic (exact) mass is 309 g/mol. The van der Waals surface area contributed by atoms with Crippen LogP contribution in [0.4, 0.5) is 0 Å². The summed E-state index contributed by atoms with van der Waals surface area (Å²) in [6.45, 7) is 4.00. The molecule has 4 nitrogen and oxygen atoms in total. The average molecular weight is 310 g/mol. The van der Waals surface area contributed by atoms with E-state index in [-0.39, 0.29) is 11.9 Å². The van der Waals surface area contributed by atoms with Gasteiger partial charge in [-0.05, 0) is 42.1 Å². The van der Waals surface area contributed by atoms with Crippen LogP contribution in [-0.2, 0) is 6.42 Å². The molecule has 0 saturated carbocycles. The zero-order valence-corrected chi connectivity index (χ0v) is 13.0. The fourth-order valence-electron chi connectivity index (χ4n) is 1.95. The molecule has 0 aliphatic heterocycles. The van der Waals surface area contributed by atoms with Crippen molar-refractivity contribution in [2.45, 2.75) is 32.7 Å². The van der Waals surface area contributed by atoms with Gasteiger partial charge in [-0.15, -0.1) is 5.10 Å². The van der Waals surface area contributed by atoms with Gasteiger partial charge in [0.05, 0.1) is 11.7 Å². The molecule has 0 saturated heterocycles. The molecular weight excluding hydrogens is 294 g/mol. The summed E-state index contributed by atoms with van der Waals surface area (Å²) in [7, 11) is 0. The molecule has 1 amide bonds. The van der Waals surface area contributed by atoms with Crippen molar-refractivity contribution in [1.82, 2.24) is 14.9 Å². The van der Waals surface area contributed by atoms with Crippen LogP contribution in [0.25, 0.3) is 0 Å².